The summed E-state index contributed by atoms with van der Waals surface area (Å²) in [5.74, 6) is -2.39. The molecule has 0 bridgehead atoms. The number of aliphatic carboxylic acids is 1. The Morgan fingerprint density at radius 3 is 2.57 bits per heavy atom. The number of benzene rings is 1. The summed E-state index contributed by atoms with van der Waals surface area (Å²) in [4.78, 5) is 34.8. The normalized spacial score (nSPS) is 11.8. The first-order chi connectivity index (χ1) is 9.77. The molecule has 0 fully saturated rings. The Hall–Kier alpha value is -2.15. The lowest BCUT2D eigenvalue weighted by atomic mass is 10.1. The van der Waals surface area contributed by atoms with Crippen molar-refractivity contribution in [3.05, 3.63) is 38.9 Å². The Morgan fingerprint density at radius 2 is 2.10 bits per heavy atom. The van der Waals surface area contributed by atoms with Gasteiger partial charge in [-0.05, 0) is 19.1 Å². The highest BCUT2D eigenvalue weighted by Crippen LogP contribution is 2.24. The van der Waals surface area contributed by atoms with E-state index < -0.39 is 28.4 Å². The van der Waals surface area contributed by atoms with Crippen LogP contribution in [0.25, 0.3) is 0 Å². The zero-order valence-corrected chi connectivity index (χ0v) is 12.3. The van der Waals surface area contributed by atoms with Gasteiger partial charge in [-0.25, -0.2) is 0 Å². The average Bonchev–Trinajstić information content (AvgIpc) is 2.43. The predicted octanol–water partition coefficient (Wildman–Crippen LogP) is 2.43. The quantitative estimate of drug-likeness (QED) is 0.642. The summed E-state index contributed by atoms with van der Waals surface area (Å²) in [5, 5.41) is 20.0. The molecule has 114 valence electrons. The van der Waals surface area contributed by atoms with Gasteiger partial charge in [0.1, 0.15) is 5.56 Å². The molecular weight excluding hydrogens is 300 g/mol. The van der Waals surface area contributed by atoms with Crippen LogP contribution in [0.2, 0.25) is 5.02 Å². The number of hydrogen-bond acceptors (Lipinski definition) is 4. The van der Waals surface area contributed by atoms with Gasteiger partial charge >= 0.3 is 5.97 Å². The average molecular weight is 315 g/mol. The highest BCUT2D eigenvalue weighted by molar-refractivity contribution is 6.31. The van der Waals surface area contributed by atoms with Gasteiger partial charge in [0, 0.05) is 24.2 Å². The van der Waals surface area contributed by atoms with Crippen LogP contribution in [-0.4, -0.2) is 39.9 Å². The first kappa shape index (κ1) is 16.9. The van der Waals surface area contributed by atoms with Crippen molar-refractivity contribution in [2.75, 3.05) is 13.1 Å². The molecule has 0 heterocycles. The fourth-order valence-corrected chi connectivity index (χ4v) is 1.94. The topological polar surface area (TPSA) is 101 Å². The minimum absolute atomic E-state index is 0.0234. The van der Waals surface area contributed by atoms with Crippen LogP contribution in [0.5, 0.6) is 0 Å². The number of hydrogen-bond donors (Lipinski definition) is 1. The summed E-state index contributed by atoms with van der Waals surface area (Å²) in [5.41, 5.74) is -0.502. The van der Waals surface area contributed by atoms with Crippen LogP contribution in [0.1, 0.15) is 24.2 Å². The van der Waals surface area contributed by atoms with Crippen LogP contribution in [0.15, 0.2) is 18.2 Å². The van der Waals surface area contributed by atoms with E-state index in [4.69, 9.17) is 16.7 Å². The molecule has 1 aromatic carbocycles. The van der Waals surface area contributed by atoms with Crippen molar-refractivity contribution in [1.82, 2.24) is 4.90 Å². The predicted molar refractivity (Wildman–Crippen MR) is 76.5 cm³/mol. The SMILES string of the molecule is CCN(CC(C)C(=O)O)C(=O)c1ccc(Cl)cc1[N+](=O)[O-]. The van der Waals surface area contributed by atoms with Crippen LogP contribution in [-0.2, 0) is 4.79 Å². The van der Waals surface area contributed by atoms with E-state index in [2.05, 4.69) is 0 Å². The Balaban J connectivity index is 3.11. The lowest BCUT2D eigenvalue weighted by molar-refractivity contribution is -0.385. The maximum Gasteiger partial charge on any atom is 0.308 e. The summed E-state index contributed by atoms with van der Waals surface area (Å²) in [6, 6.07) is 3.76. The fourth-order valence-electron chi connectivity index (χ4n) is 1.77. The second kappa shape index (κ2) is 7.03. The molecule has 0 aliphatic rings. The number of carbonyl (C=O) groups is 2. The van der Waals surface area contributed by atoms with Crippen molar-refractivity contribution in [3.63, 3.8) is 0 Å². The van der Waals surface area contributed by atoms with Crippen LogP contribution in [0, 0.1) is 16.0 Å². The maximum atomic E-state index is 12.4. The molecule has 0 aliphatic carbocycles. The van der Waals surface area contributed by atoms with E-state index in [1.54, 1.807) is 6.92 Å². The number of nitro benzene ring substituents is 1. The van der Waals surface area contributed by atoms with E-state index in [0.29, 0.717) is 0 Å². The molecular formula is C13H15ClN2O5. The van der Waals surface area contributed by atoms with Crippen molar-refractivity contribution in [1.29, 1.82) is 0 Å². The van der Waals surface area contributed by atoms with E-state index in [1.807, 2.05) is 0 Å². The summed E-state index contributed by atoms with van der Waals surface area (Å²) < 4.78 is 0. The minimum Gasteiger partial charge on any atom is -0.481 e. The molecule has 0 aliphatic heterocycles. The highest BCUT2D eigenvalue weighted by Gasteiger charge is 2.26. The molecule has 0 radical (unpaired) electrons. The smallest absolute Gasteiger partial charge is 0.308 e. The van der Waals surface area contributed by atoms with E-state index in [9.17, 15) is 19.7 Å². The monoisotopic (exact) mass is 314 g/mol. The minimum atomic E-state index is -1.04. The second-order valence-corrected chi connectivity index (χ2v) is 4.94. The number of rotatable bonds is 6. The number of nitrogens with zero attached hydrogens (tertiary/aromatic N) is 2. The summed E-state index contributed by atoms with van der Waals surface area (Å²) in [7, 11) is 0. The lowest BCUT2D eigenvalue weighted by Gasteiger charge is -2.22. The molecule has 0 spiro atoms. The Kier molecular flexibility index (Phi) is 5.66. The third kappa shape index (κ3) is 4.16. The summed E-state index contributed by atoms with van der Waals surface area (Å²) in [6.07, 6.45) is 0. The van der Waals surface area contributed by atoms with E-state index >= 15 is 0 Å². The van der Waals surface area contributed by atoms with Gasteiger partial charge in [0.15, 0.2) is 0 Å². The molecule has 0 saturated heterocycles. The zero-order valence-electron chi connectivity index (χ0n) is 11.6. The van der Waals surface area contributed by atoms with Gasteiger partial charge in [0.05, 0.1) is 10.8 Å². The van der Waals surface area contributed by atoms with E-state index in [1.165, 1.54) is 24.0 Å². The van der Waals surface area contributed by atoms with Gasteiger partial charge in [-0.1, -0.05) is 18.5 Å². The number of carbonyl (C=O) groups excluding carboxylic acids is 1. The Labute approximate surface area is 126 Å². The van der Waals surface area contributed by atoms with Crippen molar-refractivity contribution in [2.24, 2.45) is 5.92 Å². The van der Waals surface area contributed by atoms with E-state index in [0.717, 1.165) is 6.07 Å². The molecule has 1 rings (SSSR count). The maximum absolute atomic E-state index is 12.4. The number of carboxylic acids is 1. The molecule has 8 heteroatoms. The number of halogens is 1. The van der Waals surface area contributed by atoms with Crippen LogP contribution in [0.4, 0.5) is 5.69 Å². The van der Waals surface area contributed by atoms with Gasteiger partial charge in [-0.2, -0.15) is 0 Å². The largest absolute Gasteiger partial charge is 0.481 e. The van der Waals surface area contributed by atoms with Gasteiger partial charge in [0.2, 0.25) is 0 Å². The first-order valence-electron chi connectivity index (χ1n) is 6.24. The molecule has 1 atom stereocenters. The zero-order chi connectivity index (χ0) is 16.2. The number of carboxylic acid groups (broad SMARTS) is 1. The Morgan fingerprint density at radius 1 is 1.48 bits per heavy atom. The van der Waals surface area contributed by atoms with Gasteiger partial charge in [-0.3, -0.25) is 19.7 Å². The molecule has 1 N–H and O–H groups in total. The second-order valence-electron chi connectivity index (χ2n) is 4.50. The van der Waals surface area contributed by atoms with Gasteiger partial charge in [0.25, 0.3) is 11.6 Å². The van der Waals surface area contributed by atoms with E-state index in [-0.39, 0.29) is 23.7 Å². The molecule has 1 unspecified atom stereocenters. The van der Waals surface area contributed by atoms with Crippen molar-refractivity contribution >= 4 is 29.2 Å². The van der Waals surface area contributed by atoms with Crippen molar-refractivity contribution < 1.29 is 19.6 Å². The fraction of sp³-hybridized carbons (Fsp3) is 0.385. The molecule has 21 heavy (non-hydrogen) atoms. The summed E-state index contributed by atoms with van der Waals surface area (Å²) >= 11 is 5.70. The highest BCUT2D eigenvalue weighted by atomic mass is 35.5. The summed E-state index contributed by atoms with van der Waals surface area (Å²) in [6.45, 7) is 3.36. The van der Waals surface area contributed by atoms with Crippen LogP contribution in [0.3, 0.4) is 0 Å². The standard InChI is InChI=1S/C13H15ClN2O5/c1-3-15(7-8(2)13(18)19)12(17)10-5-4-9(14)6-11(10)16(20)21/h4-6,8H,3,7H2,1-2H3,(H,18,19). The third-order valence-electron chi connectivity index (χ3n) is 2.97. The number of nitro groups is 1. The van der Waals surface area contributed by atoms with Crippen molar-refractivity contribution in [2.45, 2.75) is 13.8 Å². The molecule has 0 saturated carbocycles. The van der Waals surface area contributed by atoms with Gasteiger partial charge < -0.3 is 10.0 Å². The Bertz CT molecular complexity index is 576. The molecule has 1 aromatic rings. The van der Waals surface area contributed by atoms with Crippen molar-refractivity contribution in [3.8, 4) is 0 Å². The third-order valence-corrected chi connectivity index (χ3v) is 3.21. The van der Waals surface area contributed by atoms with Crippen LogP contribution >= 0.6 is 11.6 Å². The first-order valence-corrected chi connectivity index (χ1v) is 6.61. The van der Waals surface area contributed by atoms with Gasteiger partial charge in [-0.15, -0.1) is 0 Å². The molecule has 7 nitrogen and oxygen atoms in total. The van der Waals surface area contributed by atoms with Crippen LogP contribution < -0.4 is 0 Å². The number of amides is 1. The molecule has 1 amide bonds. The molecule has 0 aromatic heterocycles. The lowest BCUT2D eigenvalue weighted by Crippen LogP contribution is -2.37.